The summed E-state index contributed by atoms with van der Waals surface area (Å²) in [6, 6.07) is 28.6. The number of nitrogens with zero attached hydrogens (tertiary/aromatic N) is 3. The molecule has 2 unspecified atom stereocenters. The van der Waals surface area contributed by atoms with E-state index in [9.17, 15) is 5.11 Å². The Labute approximate surface area is 243 Å². The topological polar surface area (TPSA) is 127 Å². The third-order valence-corrected chi connectivity index (χ3v) is 8.24. The van der Waals surface area contributed by atoms with E-state index in [1.807, 2.05) is 36.4 Å². The first-order valence-corrected chi connectivity index (χ1v) is 14.5. The molecule has 0 saturated carbocycles. The normalized spacial score (nSPS) is 18.3. The van der Waals surface area contributed by atoms with Gasteiger partial charge in [-0.15, -0.1) is 0 Å². The number of pyridine rings is 2. The Hall–Kier alpha value is -3.46. The predicted molar refractivity (Wildman–Crippen MR) is 164 cm³/mol. The van der Waals surface area contributed by atoms with Crippen LogP contribution in [0.2, 0.25) is 0 Å². The van der Waals surface area contributed by atoms with Gasteiger partial charge in [0.15, 0.2) is 0 Å². The Bertz CT molecular complexity index is 1320. The van der Waals surface area contributed by atoms with Crippen molar-refractivity contribution in [3.63, 3.8) is 0 Å². The van der Waals surface area contributed by atoms with Gasteiger partial charge in [0.05, 0.1) is 6.61 Å². The van der Waals surface area contributed by atoms with Gasteiger partial charge >= 0.3 is 0 Å². The van der Waals surface area contributed by atoms with E-state index in [0.29, 0.717) is 25.7 Å². The van der Waals surface area contributed by atoms with E-state index >= 15 is 0 Å². The molecule has 0 fully saturated rings. The van der Waals surface area contributed by atoms with Crippen LogP contribution in [0.15, 0.2) is 97.3 Å². The number of hydrogen-bond acceptors (Lipinski definition) is 7. The number of aromatic nitrogens is 2. The van der Waals surface area contributed by atoms with Crippen molar-refractivity contribution in [3.05, 3.63) is 131 Å². The molecule has 0 bridgehead atoms. The Balaban J connectivity index is 1.32. The Morgan fingerprint density at radius 1 is 0.780 bits per heavy atom. The highest BCUT2D eigenvalue weighted by atomic mass is 16.3. The van der Waals surface area contributed by atoms with Crippen molar-refractivity contribution in [3.8, 4) is 0 Å². The molecule has 7 N–H and O–H groups in total. The molecule has 0 saturated heterocycles. The summed E-state index contributed by atoms with van der Waals surface area (Å²) in [5, 5.41) is 10.1. The van der Waals surface area contributed by atoms with Crippen molar-refractivity contribution in [1.29, 1.82) is 0 Å². The van der Waals surface area contributed by atoms with Crippen LogP contribution in [0.1, 0.15) is 46.5 Å². The molecule has 7 heteroatoms. The second kappa shape index (κ2) is 13.5. The minimum atomic E-state index is -0.710. The first-order valence-electron chi connectivity index (χ1n) is 14.5. The van der Waals surface area contributed by atoms with Crippen LogP contribution in [0.3, 0.4) is 0 Å². The number of hydrogen-bond donors (Lipinski definition) is 4. The lowest BCUT2D eigenvalue weighted by molar-refractivity contribution is 0.0996. The summed E-state index contributed by atoms with van der Waals surface area (Å²) < 4.78 is 0. The van der Waals surface area contributed by atoms with Crippen LogP contribution in [0.4, 0.5) is 0 Å². The number of aliphatic hydroxyl groups is 1. The molecule has 0 radical (unpaired) electrons. The molecule has 41 heavy (non-hydrogen) atoms. The number of benzene rings is 2. The van der Waals surface area contributed by atoms with E-state index in [2.05, 4.69) is 63.4 Å². The predicted octanol–water partition coefficient (Wildman–Crippen LogP) is 3.47. The summed E-state index contributed by atoms with van der Waals surface area (Å²) in [7, 11) is 0. The molecule has 1 aliphatic rings. The molecule has 0 aliphatic carbocycles. The molecule has 1 aliphatic heterocycles. The molecule has 2 aromatic carbocycles. The van der Waals surface area contributed by atoms with Gasteiger partial charge < -0.3 is 22.3 Å². The molecule has 7 nitrogen and oxygen atoms in total. The van der Waals surface area contributed by atoms with Gasteiger partial charge in [-0.2, -0.15) is 0 Å². The standard InChI is InChI=1S/C34H42N6O/c35-29(18-31-9-3-5-15-38-31)20-34(37,21-30(36)19-32-10-4-6-16-39-32)28-13-11-25(12-14-28)22-40-23-27-8-2-1-7-26(27)17-33(40)24-41/h1-16,29-30,33,41H,17-24,35-37H2/t29?,30?,33-,34?/m0/s1. The summed E-state index contributed by atoms with van der Waals surface area (Å²) in [5.74, 6) is 0. The van der Waals surface area contributed by atoms with Crippen molar-refractivity contribution < 1.29 is 5.11 Å². The zero-order valence-corrected chi connectivity index (χ0v) is 23.6. The lowest BCUT2D eigenvalue weighted by atomic mass is 9.78. The number of aliphatic hydroxyl groups excluding tert-OH is 1. The zero-order valence-electron chi connectivity index (χ0n) is 23.6. The fraction of sp³-hybridized carbons (Fsp3) is 0.353. The zero-order chi connectivity index (χ0) is 28.7. The van der Waals surface area contributed by atoms with E-state index in [1.165, 1.54) is 16.7 Å². The second-order valence-electron chi connectivity index (χ2n) is 11.5. The summed E-state index contributed by atoms with van der Waals surface area (Å²) in [5.41, 5.74) is 26.6. The van der Waals surface area contributed by atoms with Gasteiger partial charge in [-0.05, 0) is 65.8 Å². The Morgan fingerprint density at radius 2 is 1.34 bits per heavy atom. The fourth-order valence-corrected chi connectivity index (χ4v) is 6.16. The molecule has 0 amide bonds. The molecule has 2 aromatic heterocycles. The fourth-order valence-electron chi connectivity index (χ4n) is 6.16. The lowest BCUT2D eigenvalue weighted by Gasteiger charge is -2.37. The second-order valence-corrected chi connectivity index (χ2v) is 11.5. The van der Waals surface area contributed by atoms with Crippen LogP contribution >= 0.6 is 0 Å². The Kier molecular flexibility index (Phi) is 9.54. The maximum atomic E-state index is 10.1. The van der Waals surface area contributed by atoms with Gasteiger partial charge in [0.1, 0.15) is 0 Å². The summed E-state index contributed by atoms with van der Waals surface area (Å²) in [6.07, 6.45) is 6.89. The summed E-state index contributed by atoms with van der Waals surface area (Å²) >= 11 is 0. The average molecular weight is 551 g/mol. The molecule has 3 heterocycles. The highest BCUT2D eigenvalue weighted by Gasteiger charge is 2.32. The number of rotatable bonds is 12. The van der Waals surface area contributed by atoms with E-state index in [4.69, 9.17) is 17.2 Å². The monoisotopic (exact) mass is 550 g/mol. The highest BCUT2D eigenvalue weighted by molar-refractivity contribution is 5.32. The van der Waals surface area contributed by atoms with Crippen LogP contribution < -0.4 is 17.2 Å². The Morgan fingerprint density at radius 3 is 1.88 bits per heavy atom. The molecule has 3 atom stereocenters. The third-order valence-electron chi connectivity index (χ3n) is 8.24. The summed E-state index contributed by atoms with van der Waals surface area (Å²) in [4.78, 5) is 11.3. The number of nitrogens with two attached hydrogens (primary N) is 3. The quantitative estimate of drug-likeness (QED) is 0.213. The minimum Gasteiger partial charge on any atom is -0.395 e. The highest BCUT2D eigenvalue weighted by Crippen LogP contribution is 2.31. The molecule has 0 spiro atoms. The van der Waals surface area contributed by atoms with Gasteiger partial charge in [0, 0.05) is 73.4 Å². The molecule has 4 aromatic rings. The third kappa shape index (κ3) is 7.64. The average Bonchev–Trinajstić information content (AvgIpc) is 2.98. The summed E-state index contributed by atoms with van der Waals surface area (Å²) in [6.45, 7) is 1.73. The first kappa shape index (κ1) is 29.0. The molecule has 5 rings (SSSR count). The van der Waals surface area contributed by atoms with Crippen LogP contribution in [-0.4, -0.2) is 44.7 Å². The maximum Gasteiger partial charge on any atom is 0.0590 e. The van der Waals surface area contributed by atoms with E-state index in [1.54, 1.807) is 12.4 Å². The van der Waals surface area contributed by atoms with Crippen molar-refractivity contribution in [1.82, 2.24) is 14.9 Å². The van der Waals surface area contributed by atoms with Gasteiger partial charge in [-0.1, -0.05) is 60.7 Å². The van der Waals surface area contributed by atoms with Crippen molar-refractivity contribution >= 4 is 0 Å². The van der Waals surface area contributed by atoms with E-state index in [-0.39, 0.29) is 24.7 Å². The van der Waals surface area contributed by atoms with E-state index in [0.717, 1.165) is 36.5 Å². The van der Waals surface area contributed by atoms with Gasteiger partial charge in [-0.25, -0.2) is 0 Å². The van der Waals surface area contributed by atoms with Crippen LogP contribution in [0, 0.1) is 0 Å². The van der Waals surface area contributed by atoms with Crippen molar-refractivity contribution in [2.24, 2.45) is 17.2 Å². The minimum absolute atomic E-state index is 0.104. The number of fused-ring (bicyclic) bond motifs is 1. The van der Waals surface area contributed by atoms with Crippen molar-refractivity contribution in [2.45, 2.75) is 68.9 Å². The van der Waals surface area contributed by atoms with Crippen LogP contribution in [0.25, 0.3) is 0 Å². The molecular formula is C34H42N6O. The smallest absolute Gasteiger partial charge is 0.0590 e. The van der Waals surface area contributed by atoms with Crippen LogP contribution in [-0.2, 0) is 37.9 Å². The van der Waals surface area contributed by atoms with Gasteiger partial charge in [-0.3, -0.25) is 14.9 Å². The van der Waals surface area contributed by atoms with Gasteiger partial charge in [0.2, 0.25) is 0 Å². The maximum absolute atomic E-state index is 10.1. The van der Waals surface area contributed by atoms with E-state index < -0.39 is 5.54 Å². The lowest BCUT2D eigenvalue weighted by Crippen LogP contribution is -2.47. The largest absolute Gasteiger partial charge is 0.395 e. The van der Waals surface area contributed by atoms with Crippen LogP contribution in [0.5, 0.6) is 0 Å². The van der Waals surface area contributed by atoms with Crippen molar-refractivity contribution in [2.75, 3.05) is 6.61 Å². The van der Waals surface area contributed by atoms with Gasteiger partial charge in [0.25, 0.3) is 0 Å². The first-order chi connectivity index (χ1) is 19.9. The molecule has 214 valence electrons. The molecular weight excluding hydrogens is 508 g/mol. The SMILES string of the molecule is NC(Cc1ccccn1)CC(N)(CC(N)Cc1ccccn1)c1ccc(CN2Cc3ccccc3C[C@H]2CO)cc1.